The van der Waals surface area contributed by atoms with E-state index < -0.39 is 0 Å². The molecule has 1 atom stereocenters. The first kappa shape index (κ1) is 24.8. The van der Waals surface area contributed by atoms with Crippen LogP contribution >= 0.6 is 0 Å². The predicted molar refractivity (Wildman–Crippen MR) is 151 cm³/mol. The van der Waals surface area contributed by atoms with Crippen molar-refractivity contribution in [3.05, 3.63) is 84.3 Å². The molecule has 192 valence electrons. The number of hydrogen-bond acceptors (Lipinski definition) is 4. The lowest BCUT2D eigenvalue weighted by atomic mass is 9.97. The molecule has 0 saturated carbocycles. The fourth-order valence-electron chi connectivity index (χ4n) is 5.16. The van der Waals surface area contributed by atoms with Crippen LogP contribution in [0.3, 0.4) is 0 Å². The summed E-state index contributed by atoms with van der Waals surface area (Å²) < 4.78 is 2.21. The highest BCUT2D eigenvalue weighted by molar-refractivity contribution is 5.89. The molecule has 2 aromatic heterocycles. The van der Waals surface area contributed by atoms with Gasteiger partial charge in [0.1, 0.15) is 5.82 Å². The number of carbonyl (C=O) groups excluding carboxylic acids is 1. The molecule has 4 aromatic rings. The number of fused-ring (bicyclic) bond motifs is 1. The molecule has 1 aliphatic heterocycles. The molecule has 2 aromatic carbocycles. The zero-order valence-electron chi connectivity index (χ0n) is 22.2. The van der Waals surface area contributed by atoms with E-state index in [1.54, 1.807) is 0 Å². The second-order valence-corrected chi connectivity index (χ2v) is 10.4. The summed E-state index contributed by atoms with van der Waals surface area (Å²) in [6, 6.07) is 22.8. The van der Waals surface area contributed by atoms with Gasteiger partial charge in [0, 0.05) is 62.8 Å². The van der Waals surface area contributed by atoms with Gasteiger partial charge in [-0.2, -0.15) is 0 Å². The fraction of sp³-hybridized carbons (Fsp3) is 0.333. The van der Waals surface area contributed by atoms with Gasteiger partial charge in [-0.25, -0.2) is 9.78 Å². The van der Waals surface area contributed by atoms with E-state index in [9.17, 15) is 4.79 Å². The number of amides is 2. The minimum atomic E-state index is -0.0558. The van der Waals surface area contributed by atoms with Crippen LogP contribution < -0.4 is 10.2 Å². The van der Waals surface area contributed by atoms with Gasteiger partial charge in [-0.3, -0.25) is 0 Å². The zero-order valence-corrected chi connectivity index (χ0v) is 22.2. The monoisotopic (exact) mass is 496 g/mol. The fourth-order valence-corrected chi connectivity index (χ4v) is 5.16. The van der Waals surface area contributed by atoms with Crippen LogP contribution in [0, 0.1) is 0 Å². The smallest absolute Gasteiger partial charge is 0.321 e. The van der Waals surface area contributed by atoms with Crippen LogP contribution in [0.2, 0.25) is 0 Å². The van der Waals surface area contributed by atoms with Crippen molar-refractivity contribution in [2.75, 3.05) is 51.5 Å². The molecule has 0 bridgehead atoms. The predicted octanol–water partition coefficient (Wildman–Crippen LogP) is 5.54. The summed E-state index contributed by atoms with van der Waals surface area (Å²) in [7, 11) is 8.18. The Bertz CT molecular complexity index is 1370. The Morgan fingerprint density at radius 1 is 1.03 bits per heavy atom. The van der Waals surface area contributed by atoms with E-state index in [2.05, 4.69) is 77.4 Å². The third-order valence-electron chi connectivity index (χ3n) is 6.98. The second-order valence-electron chi connectivity index (χ2n) is 10.4. The molecule has 7 heteroatoms. The Balaban J connectivity index is 1.38. The van der Waals surface area contributed by atoms with Gasteiger partial charge in [-0.15, -0.1) is 0 Å². The summed E-state index contributed by atoms with van der Waals surface area (Å²) in [5.41, 5.74) is 6.40. The number of likely N-dealkylation sites (tertiary alicyclic amines) is 1. The molecule has 5 rings (SSSR count). The lowest BCUT2D eigenvalue weighted by molar-refractivity contribution is 0.191. The summed E-state index contributed by atoms with van der Waals surface area (Å²) in [6.07, 6.45) is 4.05. The van der Waals surface area contributed by atoms with Gasteiger partial charge in [0.2, 0.25) is 0 Å². The second kappa shape index (κ2) is 10.6. The van der Waals surface area contributed by atoms with Gasteiger partial charge in [-0.05, 0) is 75.0 Å². The summed E-state index contributed by atoms with van der Waals surface area (Å²) in [4.78, 5) is 24.5. The van der Waals surface area contributed by atoms with Crippen LogP contribution in [-0.4, -0.2) is 66.5 Å². The summed E-state index contributed by atoms with van der Waals surface area (Å²) >= 11 is 0. The minimum Gasteiger partial charge on any atom is -0.378 e. The molecule has 2 amide bonds. The zero-order chi connectivity index (χ0) is 25.9. The Morgan fingerprint density at radius 3 is 2.59 bits per heavy atom. The highest BCUT2D eigenvalue weighted by atomic mass is 16.2. The van der Waals surface area contributed by atoms with Crippen LogP contribution in [-0.2, 0) is 6.54 Å². The lowest BCUT2D eigenvalue weighted by Gasteiger charge is -2.32. The first-order valence-corrected chi connectivity index (χ1v) is 12.9. The van der Waals surface area contributed by atoms with E-state index in [1.807, 2.05) is 48.2 Å². The number of hydrogen-bond donors (Lipinski definition) is 1. The normalized spacial score (nSPS) is 15.8. The first-order valence-electron chi connectivity index (χ1n) is 12.9. The van der Waals surface area contributed by atoms with Crippen molar-refractivity contribution < 1.29 is 4.79 Å². The molecule has 1 aliphatic rings. The third kappa shape index (κ3) is 5.47. The standard InChI is InChI=1S/C30H36N6O/c1-33(2)20-22-9-7-10-23(19-22)28-27-12-5-6-18-36(27)29(32-28)24-11-8-17-35(21-24)30(37)31-25-13-15-26(16-14-25)34(3)4/h5-7,9-10,12-16,18-19,24H,8,11,17,20-21H2,1-4H3,(H,31,37)/t24-/m1/s1. The Labute approximate surface area is 219 Å². The number of nitrogens with one attached hydrogen (secondary N) is 1. The molecule has 37 heavy (non-hydrogen) atoms. The maximum atomic E-state index is 13.2. The van der Waals surface area contributed by atoms with E-state index >= 15 is 0 Å². The molecule has 1 N–H and O–H groups in total. The molecule has 3 heterocycles. The average molecular weight is 497 g/mol. The average Bonchev–Trinajstić information content (AvgIpc) is 3.29. The van der Waals surface area contributed by atoms with E-state index in [4.69, 9.17) is 4.98 Å². The number of benzene rings is 2. The van der Waals surface area contributed by atoms with E-state index in [0.29, 0.717) is 6.54 Å². The highest BCUT2D eigenvalue weighted by Gasteiger charge is 2.28. The molecule has 0 aliphatic carbocycles. The maximum Gasteiger partial charge on any atom is 0.321 e. The number of piperidine rings is 1. The summed E-state index contributed by atoms with van der Waals surface area (Å²) in [6.45, 7) is 2.29. The van der Waals surface area contributed by atoms with Gasteiger partial charge in [0.25, 0.3) is 0 Å². The maximum absolute atomic E-state index is 13.2. The largest absolute Gasteiger partial charge is 0.378 e. The van der Waals surface area contributed by atoms with Crippen molar-refractivity contribution in [2.45, 2.75) is 25.3 Å². The number of carbonyl (C=O) groups is 1. The number of anilines is 2. The van der Waals surface area contributed by atoms with Crippen LogP contribution in [0.5, 0.6) is 0 Å². The molecule has 0 radical (unpaired) electrons. The Kier molecular flexibility index (Phi) is 7.15. The van der Waals surface area contributed by atoms with Crippen LogP contribution in [0.1, 0.15) is 30.1 Å². The first-order chi connectivity index (χ1) is 17.9. The van der Waals surface area contributed by atoms with Crippen molar-refractivity contribution in [1.29, 1.82) is 0 Å². The molecular weight excluding hydrogens is 460 g/mol. The van der Waals surface area contributed by atoms with Crippen molar-refractivity contribution in [1.82, 2.24) is 19.2 Å². The van der Waals surface area contributed by atoms with E-state index in [0.717, 1.165) is 59.9 Å². The van der Waals surface area contributed by atoms with Crippen LogP contribution in [0.25, 0.3) is 16.8 Å². The lowest BCUT2D eigenvalue weighted by Crippen LogP contribution is -2.42. The van der Waals surface area contributed by atoms with E-state index in [-0.39, 0.29) is 11.9 Å². The van der Waals surface area contributed by atoms with Crippen molar-refractivity contribution >= 4 is 22.9 Å². The van der Waals surface area contributed by atoms with Gasteiger partial charge in [-0.1, -0.05) is 24.3 Å². The van der Waals surface area contributed by atoms with Crippen LogP contribution in [0.4, 0.5) is 16.2 Å². The Hall–Kier alpha value is -3.84. The summed E-state index contributed by atoms with van der Waals surface area (Å²) in [5, 5.41) is 3.08. The third-order valence-corrected chi connectivity index (χ3v) is 6.98. The van der Waals surface area contributed by atoms with Gasteiger partial charge in [0.05, 0.1) is 11.2 Å². The molecule has 0 unspecified atom stereocenters. The van der Waals surface area contributed by atoms with Crippen molar-refractivity contribution in [3.8, 4) is 11.3 Å². The van der Waals surface area contributed by atoms with Crippen LogP contribution in [0.15, 0.2) is 72.9 Å². The number of aromatic nitrogens is 2. The minimum absolute atomic E-state index is 0.0558. The molecule has 1 fully saturated rings. The SMILES string of the molecule is CN(C)Cc1cccc(-c2nc([C@@H]3CCCN(C(=O)Nc4ccc(N(C)C)cc4)C3)n3ccccc23)c1. The highest BCUT2D eigenvalue weighted by Crippen LogP contribution is 2.32. The molecule has 0 spiro atoms. The van der Waals surface area contributed by atoms with E-state index in [1.165, 1.54) is 5.56 Å². The number of urea groups is 1. The number of nitrogens with zero attached hydrogens (tertiary/aromatic N) is 5. The Morgan fingerprint density at radius 2 is 1.84 bits per heavy atom. The number of rotatable bonds is 6. The summed E-state index contributed by atoms with van der Waals surface area (Å²) in [5.74, 6) is 1.20. The van der Waals surface area contributed by atoms with Gasteiger partial charge < -0.3 is 24.4 Å². The topological polar surface area (TPSA) is 56.1 Å². The number of imidazole rings is 1. The quantitative estimate of drug-likeness (QED) is 0.381. The number of pyridine rings is 1. The molecule has 1 saturated heterocycles. The molecule has 7 nitrogen and oxygen atoms in total. The van der Waals surface area contributed by atoms with Crippen molar-refractivity contribution in [2.24, 2.45) is 0 Å². The van der Waals surface area contributed by atoms with Gasteiger partial charge in [0.15, 0.2) is 0 Å². The van der Waals surface area contributed by atoms with Crippen molar-refractivity contribution in [3.63, 3.8) is 0 Å². The molecular formula is C30H36N6O. The van der Waals surface area contributed by atoms with Gasteiger partial charge >= 0.3 is 6.03 Å².